The normalized spacial score (nSPS) is 31.4. The van der Waals surface area contributed by atoms with Crippen molar-refractivity contribution in [2.24, 2.45) is 10.2 Å². The molecule has 0 amide bonds. The van der Waals surface area contributed by atoms with E-state index < -0.39 is 23.9 Å². The van der Waals surface area contributed by atoms with Crippen molar-refractivity contribution in [3.8, 4) is 0 Å². The lowest BCUT2D eigenvalue weighted by Gasteiger charge is -2.35. The molecule has 0 atom stereocenters. The van der Waals surface area contributed by atoms with E-state index in [1.54, 1.807) is 0 Å². The average molecular weight is 228 g/mol. The highest BCUT2D eigenvalue weighted by atomic mass is 19.4. The molecule has 0 N–H and O–H groups in total. The highest BCUT2D eigenvalue weighted by molar-refractivity contribution is 5.04. The SMILES string of the molecule is FC1(F)N=NC(F)(F)C(F)(F)C1(F)F. The van der Waals surface area contributed by atoms with Crippen LogP contribution in [0, 0.1) is 0 Å². The Morgan fingerprint density at radius 2 is 0.714 bits per heavy atom. The number of halogens is 8. The zero-order valence-electron chi connectivity index (χ0n) is 5.92. The summed E-state index contributed by atoms with van der Waals surface area (Å²) in [5, 5.41) is 2.35. The van der Waals surface area contributed by atoms with Gasteiger partial charge in [-0.3, -0.25) is 0 Å². The Morgan fingerprint density at radius 1 is 0.500 bits per heavy atom. The Bertz CT molecular complexity index is 253. The summed E-state index contributed by atoms with van der Waals surface area (Å²) in [5.41, 5.74) is 0. The first kappa shape index (κ1) is 11.1. The summed E-state index contributed by atoms with van der Waals surface area (Å²) in [6, 6.07) is -11.3. The van der Waals surface area contributed by atoms with Crippen LogP contribution in [0.2, 0.25) is 0 Å². The maximum Gasteiger partial charge on any atom is 0.428 e. The van der Waals surface area contributed by atoms with Crippen LogP contribution in [0.1, 0.15) is 0 Å². The van der Waals surface area contributed by atoms with Crippen LogP contribution < -0.4 is 0 Å². The first-order valence-electron chi connectivity index (χ1n) is 2.91. The van der Waals surface area contributed by atoms with Crippen LogP contribution >= 0.6 is 0 Å². The second-order valence-corrected chi connectivity index (χ2v) is 2.43. The molecule has 2 nitrogen and oxygen atoms in total. The second-order valence-electron chi connectivity index (χ2n) is 2.43. The molecule has 0 unspecified atom stereocenters. The van der Waals surface area contributed by atoms with Crippen LogP contribution in [0.5, 0.6) is 0 Å². The lowest BCUT2D eigenvalue weighted by Crippen LogP contribution is -2.63. The Labute approximate surface area is 70.6 Å². The third-order valence-electron chi connectivity index (χ3n) is 1.45. The fourth-order valence-corrected chi connectivity index (χ4v) is 0.629. The summed E-state index contributed by atoms with van der Waals surface area (Å²) in [6.07, 6.45) is 0. The molecule has 1 aliphatic heterocycles. The Kier molecular flexibility index (Phi) is 1.86. The highest BCUT2D eigenvalue weighted by Crippen LogP contribution is 2.56. The van der Waals surface area contributed by atoms with Crippen LogP contribution in [-0.4, -0.2) is 23.9 Å². The van der Waals surface area contributed by atoms with Gasteiger partial charge in [0.2, 0.25) is 0 Å². The molecule has 1 rings (SSSR count). The zero-order valence-corrected chi connectivity index (χ0v) is 5.92. The Morgan fingerprint density at radius 3 is 0.929 bits per heavy atom. The number of hydrogen-bond acceptors (Lipinski definition) is 2. The Balaban J connectivity index is 3.36. The van der Waals surface area contributed by atoms with E-state index in [1.165, 1.54) is 10.2 Å². The molecule has 0 bridgehead atoms. The molecule has 0 aliphatic carbocycles. The van der Waals surface area contributed by atoms with Gasteiger partial charge in [0.15, 0.2) is 0 Å². The number of rotatable bonds is 0. The summed E-state index contributed by atoms with van der Waals surface area (Å²) in [7, 11) is 0. The molecule has 0 spiro atoms. The fraction of sp³-hybridized carbons (Fsp3) is 1.00. The first-order chi connectivity index (χ1) is 5.96. The van der Waals surface area contributed by atoms with Crippen LogP contribution in [-0.2, 0) is 0 Å². The van der Waals surface area contributed by atoms with Gasteiger partial charge in [-0.1, -0.05) is 0 Å². The summed E-state index contributed by atoms with van der Waals surface area (Å²) >= 11 is 0. The van der Waals surface area contributed by atoms with Crippen molar-refractivity contribution < 1.29 is 35.1 Å². The van der Waals surface area contributed by atoms with Gasteiger partial charge in [0.1, 0.15) is 0 Å². The van der Waals surface area contributed by atoms with E-state index >= 15 is 0 Å². The van der Waals surface area contributed by atoms with Crippen molar-refractivity contribution in [3.05, 3.63) is 0 Å². The predicted molar refractivity (Wildman–Crippen MR) is 24.6 cm³/mol. The predicted octanol–water partition coefficient (Wildman–Crippen LogP) is 2.91. The van der Waals surface area contributed by atoms with Gasteiger partial charge in [0.05, 0.1) is 0 Å². The molecule has 10 heteroatoms. The molecule has 0 saturated heterocycles. The lowest BCUT2D eigenvalue weighted by atomic mass is 10.1. The number of hydrogen-bond donors (Lipinski definition) is 0. The van der Waals surface area contributed by atoms with E-state index in [0.29, 0.717) is 0 Å². The van der Waals surface area contributed by atoms with Gasteiger partial charge < -0.3 is 0 Å². The standard InChI is InChI=1S/C4F8N2/c5-1(6)2(7,8)4(11,12)14-13-3(1,9)10. The van der Waals surface area contributed by atoms with Gasteiger partial charge in [-0.05, 0) is 0 Å². The molecule has 0 aromatic carbocycles. The summed E-state index contributed by atoms with van der Waals surface area (Å²) in [5.74, 6) is -12.5. The molecule has 0 aromatic heterocycles. The molecule has 82 valence electrons. The third-order valence-corrected chi connectivity index (χ3v) is 1.45. The van der Waals surface area contributed by atoms with Crippen molar-refractivity contribution in [1.82, 2.24) is 0 Å². The van der Waals surface area contributed by atoms with Crippen LogP contribution in [0.3, 0.4) is 0 Å². The highest BCUT2D eigenvalue weighted by Gasteiger charge is 2.84. The third kappa shape index (κ3) is 1.02. The first-order valence-corrected chi connectivity index (χ1v) is 2.91. The van der Waals surface area contributed by atoms with Gasteiger partial charge in [0.25, 0.3) is 0 Å². The molecule has 0 fully saturated rings. The average Bonchev–Trinajstić information content (AvgIpc) is 1.98. The van der Waals surface area contributed by atoms with Gasteiger partial charge in [-0.2, -0.15) is 35.1 Å². The molecule has 1 heterocycles. The van der Waals surface area contributed by atoms with E-state index in [0.717, 1.165) is 0 Å². The number of azo groups is 1. The topological polar surface area (TPSA) is 24.7 Å². The molecule has 0 aromatic rings. The van der Waals surface area contributed by atoms with Gasteiger partial charge in [-0.25, -0.2) is 0 Å². The molecule has 14 heavy (non-hydrogen) atoms. The summed E-state index contributed by atoms with van der Waals surface area (Å²) < 4.78 is 96.5. The van der Waals surface area contributed by atoms with Crippen molar-refractivity contribution in [3.63, 3.8) is 0 Å². The van der Waals surface area contributed by atoms with Gasteiger partial charge in [-0.15, -0.1) is 10.2 Å². The van der Waals surface area contributed by atoms with Gasteiger partial charge in [0, 0.05) is 0 Å². The second kappa shape index (κ2) is 2.34. The van der Waals surface area contributed by atoms with Crippen LogP contribution in [0.25, 0.3) is 0 Å². The minimum Gasteiger partial charge on any atom is -0.190 e. The van der Waals surface area contributed by atoms with E-state index in [1.807, 2.05) is 0 Å². The molecule has 0 saturated carbocycles. The van der Waals surface area contributed by atoms with Crippen LogP contribution in [0.15, 0.2) is 10.2 Å². The molecule has 1 aliphatic rings. The molecular formula is C4F8N2. The van der Waals surface area contributed by atoms with Crippen molar-refractivity contribution >= 4 is 0 Å². The van der Waals surface area contributed by atoms with E-state index in [2.05, 4.69) is 0 Å². The van der Waals surface area contributed by atoms with E-state index in [4.69, 9.17) is 0 Å². The van der Waals surface area contributed by atoms with E-state index in [-0.39, 0.29) is 0 Å². The Hall–Kier alpha value is -0.960. The van der Waals surface area contributed by atoms with Crippen LogP contribution in [0.4, 0.5) is 35.1 Å². The summed E-state index contributed by atoms with van der Waals surface area (Å²) in [4.78, 5) is 0. The van der Waals surface area contributed by atoms with Crippen molar-refractivity contribution in [2.45, 2.75) is 23.9 Å². The largest absolute Gasteiger partial charge is 0.428 e. The maximum absolute atomic E-state index is 12.1. The smallest absolute Gasteiger partial charge is 0.190 e. The molecule has 0 radical (unpaired) electrons. The lowest BCUT2D eigenvalue weighted by molar-refractivity contribution is -0.381. The fourth-order valence-electron chi connectivity index (χ4n) is 0.629. The minimum atomic E-state index is -6.27. The molecular weight excluding hydrogens is 228 g/mol. The van der Waals surface area contributed by atoms with Crippen molar-refractivity contribution in [1.29, 1.82) is 0 Å². The van der Waals surface area contributed by atoms with Crippen molar-refractivity contribution in [2.75, 3.05) is 0 Å². The summed E-state index contributed by atoms with van der Waals surface area (Å²) in [6.45, 7) is 0. The van der Waals surface area contributed by atoms with Gasteiger partial charge >= 0.3 is 23.9 Å². The maximum atomic E-state index is 12.1. The minimum absolute atomic E-state index is 1.17. The zero-order chi connectivity index (χ0) is 11.4. The monoisotopic (exact) mass is 228 g/mol. The number of nitrogens with zero attached hydrogens (tertiary/aromatic N) is 2. The number of alkyl halides is 8. The van der Waals surface area contributed by atoms with E-state index in [9.17, 15) is 35.1 Å². The quantitative estimate of drug-likeness (QED) is 0.449.